The van der Waals surface area contributed by atoms with Crippen molar-refractivity contribution in [2.45, 2.75) is 70.1 Å². The predicted octanol–water partition coefficient (Wildman–Crippen LogP) is 19.4. The molecule has 0 saturated carbocycles. The van der Waals surface area contributed by atoms with Gasteiger partial charge >= 0.3 is 0 Å². The summed E-state index contributed by atoms with van der Waals surface area (Å²) in [6.07, 6.45) is 2.00. The molecular weight excluding hydrogens is 981 g/mol. The standard InChI is InChI=1S/C77H68N4/c1-74(2,3)63-47-64(75(4,5)6)50-66(49-63)80-53-79(70-38-23-24-39-71(70)80)65-37-25-36-61(48-65)77(58-32-19-11-20-33-58,59-34-21-12-22-35-59)62-41-42-67-68-46-55(54-26-13-8-14-27-54)40-43-69(68)81(72(67)51-62)73-52-60(44-45-78-73)76(7,56-28-15-9-16-29-56)57-30-17-10-18-31-57/h8-52H,53H2,1-7H3. The first-order valence-corrected chi connectivity index (χ1v) is 28.5. The lowest BCUT2D eigenvalue weighted by molar-refractivity contribution is 0.568. The SMILES string of the molecule is CC(C)(C)c1cc(N2CN(c3cccc(C(c4ccccc4)(c4ccccc4)c4ccc5c6cc(-c7ccccc7)ccc6n(-c6cc(C(C)(c7ccccc7)c7ccccc7)ccn6)c5c4)c3)c3ccccc32)cc(C(C)(C)C)c1. The summed E-state index contributed by atoms with van der Waals surface area (Å²) < 4.78 is 2.41. The van der Waals surface area contributed by atoms with Crippen LogP contribution in [0.15, 0.2) is 273 Å². The molecule has 12 aromatic rings. The van der Waals surface area contributed by atoms with Gasteiger partial charge in [-0.05, 0) is 146 Å². The van der Waals surface area contributed by atoms with Gasteiger partial charge in [0.25, 0.3) is 0 Å². The quantitative estimate of drug-likeness (QED) is 0.121. The van der Waals surface area contributed by atoms with E-state index in [1.54, 1.807) is 0 Å². The molecule has 0 unspecified atom stereocenters. The minimum absolute atomic E-state index is 0.0172. The first-order valence-electron chi connectivity index (χ1n) is 28.5. The van der Waals surface area contributed by atoms with Gasteiger partial charge in [0.15, 0.2) is 0 Å². The number of nitrogens with zero attached hydrogens (tertiary/aromatic N) is 4. The van der Waals surface area contributed by atoms with Crippen molar-refractivity contribution in [3.05, 3.63) is 323 Å². The van der Waals surface area contributed by atoms with E-state index in [2.05, 4.69) is 330 Å². The summed E-state index contributed by atoms with van der Waals surface area (Å²) in [5.74, 6) is 0.863. The maximum atomic E-state index is 5.32. The van der Waals surface area contributed by atoms with Gasteiger partial charge in [0.2, 0.25) is 0 Å². The normalized spacial score (nSPS) is 13.0. The Kier molecular flexibility index (Phi) is 12.7. The molecule has 396 valence electrons. The Labute approximate surface area is 478 Å². The topological polar surface area (TPSA) is 24.3 Å². The summed E-state index contributed by atoms with van der Waals surface area (Å²) >= 11 is 0. The molecule has 4 heteroatoms. The number of hydrogen-bond donors (Lipinski definition) is 0. The second-order valence-corrected chi connectivity index (χ2v) is 24.2. The van der Waals surface area contributed by atoms with Crippen LogP contribution in [0.4, 0.5) is 22.7 Å². The molecule has 0 bridgehead atoms. The van der Waals surface area contributed by atoms with E-state index in [-0.39, 0.29) is 10.8 Å². The predicted molar refractivity (Wildman–Crippen MR) is 340 cm³/mol. The van der Waals surface area contributed by atoms with Gasteiger partial charge in [-0.25, -0.2) is 4.98 Å². The lowest BCUT2D eigenvalue weighted by atomic mass is 9.65. The summed E-state index contributed by atoms with van der Waals surface area (Å²) in [6.45, 7) is 16.9. The zero-order chi connectivity index (χ0) is 55.5. The molecule has 4 nitrogen and oxygen atoms in total. The third-order valence-corrected chi connectivity index (χ3v) is 17.3. The van der Waals surface area contributed by atoms with Crippen LogP contribution in [-0.2, 0) is 21.7 Å². The van der Waals surface area contributed by atoms with Gasteiger partial charge in [0.1, 0.15) is 12.5 Å². The highest BCUT2D eigenvalue weighted by atomic mass is 15.4. The van der Waals surface area contributed by atoms with E-state index in [4.69, 9.17) is 4.98 Å². The van der Waals surface area contributed by atoms with Gasteiger partial charge in [-0.15, -0.1) is 0 Å². The Morgan fingerprint density at radius 1 is 0.321 bits per heavy atom. The van der Waals surface area contributed by atoms with Crippen molar-refractivity contribution < 1.29 is 0 Å². The third-order valence-electron chi connectivity index (χ3n) is 17.3. The Morgan fingerprint density at radius 2 is 0.815 bits per heavy atom. The number of aromatic nitrogens is 2. The monoisotopic (exact) mass is 1050 g/mol. The van der Waals surface area contributed by atoms with E-state index in [9.17, 15) is 0 Å². The van der Waals surface area contributed by atoms with Gasteiger partial charge < -0.3 is 9.80 Å². The Balaban J connectivity index is 1.03. The van der Waals surface area contributed by atoms with Gasteiger partial charge in [-0.2, -0.15) is 0 Å². The fourth-order valence-corrected chi connectivity index (χ4v) is 12.8. The van der Waals surface area contributed by atoms with Gasteiger partial charge in [0, 0.05) is 33.8 Å². The smallest absolute Gasteiger partial charge is 0.137 e. The van der Waals surface area contributed by atoms with E-state index in [0.717, 1.165) is 39.1 Å². The fraction of sp³-hybridized carbons (Fsp3) is 0.156. The van der Waals surface area contributed by atoms with Crippen molar-refractivity contribution in [3.8, 4) is 16.9 Å². The van der Waals surface area contributed by atoms with Crippen LogP contribution in [0.3, 0.4) is 0 Å². The van der Waals surface area contributed by atoms with Gasteiger partial charge in [0.05, 0.1) is 27.8 Å². The van der Waals surface area contributed by atoms with Crippen LogP contribution >= 0.6 is 0 Å². The van der Waals surface area contributed by atoms with Crippen LogP contribution in [0.5, 0.6) is 0 Å². The lowest BCUT2D eigenvalue weighted by Gasteiger charge is -2.37. The lowest BCUT2D eigenvalue weighted by Crippen LogP contribution is -2.31. The zero-order valence-electron chi connectivity index (χ0n) is 47.5. The number of para-hydroxylation sites is 2. The van der Waals surface area contributed by atoms with Gasteiger partial charge in [-0.3, -0.25) is 4.57 Å². The van der Waals surface area contributed by atoms with Crippen LogP contribution in [-0.4, -0.2) is 16.2 Å². The van der Waals surface area contributed by atoms with E-state index < -0.39 is 10.8 Å². The summed E-state index contributed by atoms with van der Waals surface area (Å²) in [5, 5.41) is 2.33. The molecule has 0 radical (unpaired) electrons. The molecule has 10 aromatic carbocycles. The van der Waals surface area contributed by atoms with Crippen LogP contribution in [0.25, 0.3) is 38.8 Å². The van der Waals surface area contributed by atoms with Gasteiger partial charge in [-0.1, -0.05) is 242 Å². The van der Waals surface area contributed by atoms with Crippen molar-refractivity contribution >= 4 is 44.6 Å². The Morgan fingerprint density at radius 3 is 1.38 bits per heavy atom. The highest BCUT2D eigenvalue weighted by Gasteiger charge is 2.40. The molecule has 0 atom stereocenters. The van der Waals surface area contributed by atoms with Crippen molar-refractivity contribution in [3.63, 3.8) is 0 Å². The number of rotatable bonds is 11. The van der Waals surface area contributed by atoms with Crippen molar-refractivity contribution in [2.75, 3.05) is 16.5 Å². The molecule has 0 amide bonds. The maximum Gasteiger partial charge on any atom is 0.137 e. The van der Waals surface area contributed by atoms with Crippen LogP contribution in [0.1, 0.15) is 98.5 Å². The number of anilines is 4. The molecule has 2 aromatic heterocycles. The fourth-order valence-electron chi connectivity index (χ4n) is 12.8. The first-order chi connectivity index (χ1) is 39.3. The number of fused-ring (bicyclic) bond motifs is 4. The largest absolute Gasteiger partial charge is 0.321 e. The zero-order valence-corrected chi connectivity index (χ0v) is 47.5. The molecule has 13 rings (SSSR count). The van der Waals surface area contributed by atoms with E-state index in [1.165, 1.54) is 72.5 Å². The van der Waals surface area contributed by atoms with E-state index >= 15 is 0 Å². The minimum Gasteiger partial charge on any atom is -0.321 e. The van der Waals surface area contributed by atoms with E-state index in [0.29, 0.717) is 6.67 Å². The molecule has 0 aliphatic carbocycles. The van der Waals surface area contributed by atoms with Crippen LogP contribution in [0, 0.1) is 0 Å². The highest BCUT2D eigenvalue weighted by Crippen LogP contribution is 2.51. The average Bonchev–Trinajstić information content (AvgIpc) is 4.32. The summed E-state index contributed by atoms with van der Waals surface area (Å²) in [7, 11) is 0. The van der Waals surface area contributed by atoms with Crippen molar-refractivity contribution in [2.24, 2.45) is 0 Å². The maximum absolute atomic E-state index is 5.32. The second-order valence-electron chi connectivity index (χ2n) is 24.2. The number of benzene rings is 10. The molecule has 81 heavy (non-hydrogen) atoms. The number of pyridine rings is 1. The van der Waals surface area contributed by atoms with Crippen LogP contribution in [0.2, 0.25) is 0 Å². The molecule has 0 N–H and O–H groups in total. The molecule has 0 saturated heterocycles. The number of hydrogen-bond acceptors (Lipinski definition) is 3. The summed E-state index contributed by atoms with van der Waals surface area (Å²) in [4.78, 5) is 10.3. The first kappa shape index (κ1) is 51.2. The summed E-state index contributed by atoms with van der Waals surface area (Å²) in [6, 6.07) is 99.0. The minimum atomic E-state index is -0.765. The molecule has 0 fully saturated rings. The van der Waals surface area contributed by atoms with Crippen molar-refractivity contribution in [1.82, 2.24) is 9.55 Å². The van der Waals surface area contributed by atoms with E-state index in [1.807, 2.05) is 6.20 Å². The van der Waals surface area contributed by atoms with Crippen molar-refractivity contribution in [1.29, 1.82) is 0 Å². The Hall–Kier alpha value is -9.25. The average molecular weight is 1050 g/mol. The molecule has 3 heterocycles. The summed E-state index contributed by atoms with van der Waals surface area (Å²) in [5.41, 5.74) is 19.0. The second kappa shape index (κ2) is 20.1. The third kappa shape index (κ3) is 8.91. The van der Waals surface area contributed by atoms with Crippen LogP contribution < -0.4 is 9.80 Å². The molecular formula is C77H68N4. The molecule has 1 aliphatic rings. The molecule has 1 aliphatic heterocycles. The molecule has 0 spiro atoms. The Bertz CT molecular complexity index is 4110. The highest BCUT2D eigenvalue weighted by molar-refractivity contribution is 6.10.